The van der Waals surface area contributed by atoms with Crippen molar-refractivity contribution >= 4 is 39.9 Å². The SMILES string of the molecule is Cc1c(C(=O)c2nnc(-c3ccccc3)o2)c2ccccc2n1Cc1ccc(Cl)cc1Cl. The van der Waals surface area contributed by atoms with Crippen molar-refractivity contribution in [3.05, 3.63) is 106 Å². The highest BCUT2D eigenvalue weighted by Gasteiger charge is 2.25. The van der Waals surface area contributed by atoms with Crippen LogP contribution in [0.5, 0.6) is 0 Å². The first-order valence-electron chi connectivity index (χ1n) is 9.98. The number of nitrogens with zero attached hydrogens (tertiary/aromatic N) is 3. The topological polar surface area (TPSA) is 60.9 Å². The number of hydrogen-bond acceptors (Lipinski definition) is 4. The Bertz CT molecular complexity index is 1460. The van der Waals surface area contributed by atoms with Crippen LogP contribution in [0.2, 0.25) is 10.0 Å². The molecule has 0 saturated heterocycles. The molecule has 158 valence electrons. The van der Waals surface area contributed by atoms with Crippen LogP contribution in [0.4, 0.5) is 0 Å². The number of hydrogen-bond donors (Lipinski definition) is 0. The number of aromatic nitrogens is 3. The fraction of sp³-hybridized carbons (Fsp3) is 0.0800. The summed E-state index contributed by atoms with van der Waals surface area (Å²) in [4.78, 5) is 13.5. The van der Waals surface area contributed by atoms with Gasteiger partial charge in [0.2, 0.25) is 5.89 Å². The largest absolute Gasteiger partial charge is 0.413 e. The van der Waals surface area contributed by atoms with E-state index >= 15 is 0 Å². The molecule has 5 rings (SSSR count). The Hall–Kier alpha value is -3.41. The normalized spacial score (nSPS) is 11.2. The van der Waals surface area contributed by atoms with Gasteiger partial charge in [-0.2, -0.15) is 0 Å². The molecule has 0 atom stereocenters. The number of benzene rings is 3. The van der Waals surface area contributed by atoms with Crippen molar-refractivity contribution in [1.82, 2.24) is 14.8 Å². The second-order valence-electron chi connectivity index (χ2n) is 7.41. The Kier molecular flexibility index (Phi) is 5.29. The van der Waals surface area contributed by atoms with Gasteiger partial charge in [-0.25, -0.2) is 0 Å². The maximum absolute atomic E-state index is 13.5. The highest BCUT2D eigenvalue weighted by atomic mass is 35.5. The number of para-hydroxylation sites is 1. The van der Waals surface area contributed by atoms with Gasteiger partial charge in [-0.3, -0.25) is 4.79 Å². The maximum atomic E-state index is 13.5. The third-order valence-electron chi connectivity index (χ3n) is 5.44. The highest BCUT2D eigenvalue weighted by molar-refractivity contribution is 6.35. The summed E-state index contributed by atoms with van der Waals surface area (Å²) >= 11 is 12.5. The Morgan fingerprint density at radius 3 is 2.50 bits per heavy atom. The molecule has 32 heavy (non-hydrogen) atoms. The lowest BCUT2D eigenvalue weighted by molar-refractivity contribution is 0.100. The van der Waals surface area contributed by atoms with E-state index in [0.29, 0.717) is 28.0 Å². The predicted molar refractivity (Wildman–Crippen MR) is 125 cm³/mol. The van der Waals surface area contributed by atoms with Crippen LogP contribution < -0.4 is 0 Å². The van der Waals surface area contributed by atoms with E-state index < -0.39 is 0 Å². The van der Waals surface area contributed by atoms with E-state index in [9.17, 15) is 4.79 Å². The minimum absolute atomic E-state index is 0.0422. The summed E-state index contributed by atoms with van der Waals surface area (Å²) in [6.45, 7) is 2.40. The van der Waals surface area contributed by atoms with Crippen molar-refractivity contribution in [3.63, 3.8) is 0 Å². The second kappa shape index (κ2) is 8.26. The van der Waals surface area contributed by atoms with Crippen molar-refractivity contribution < 1.29 is 9.21 Å². The van der Waals surface area contributed by atoms with E-state index in [0.717, 1.165) is 27.7 Å². The molecule has 0 aliphatic rings. The van der Waals surface area contributed by atoms with E-state index in [1.165, 1.54) is 0 Å². The lowest BCUT2D eigenvalue weighted by Crippen LogP contribution is -2.07. The average Bonchev–Trinajstić information content (AvgIpc) is 3.40. The molecule has 0 N–H and O–H groups in total. The molecule has 0 aliphatic heterocycles. The number of halogens is 2. The molecule has 0 spiro atoms. The molecule has 5 aromatic rings. The summed E-state index contributed by atoms with van der Waals surface area (Å²) in [6.07, 6.45) is 0. The van der Waals surface area contributed by atoms with E-state index in [4.69, 9.17) is 27.6 Å². The van der Waals surface area contributed by atoms with Crippen LogP contribution in [-0.2, 0) is 6.54 Å². The fourth-order valence-corrected chi connectivity index (χ4v) is 4.33. The van der Waals surface area contributed by atoms with Gasteiger partial charge in [0.05, 0.1) is 5.56 Å². The third kappa shape index (κ3) is 3.60. The van der Waals surface area contributed by atoms with Gasteiger partial charge in [-0.05, 0) is 42.8 Å². The number of rotatable bonds is 5. The van der Waals surface area contributed by atoms with Crippen molar-refractivity contribution in [3.8, 4) is 11.5 Å². The zero-order valence-electron chi connectivity index (χ0n) is 17.0. The minimum Gasteiger partial charge on any atom is -0.413 e. The summed E-state index contributed by atoms with van der Waals surface area (Å²) in [7, 11) is 0. The first kappa shape index (κ1) is 20.5. The molecule has 0 unspecified atom stereocenters. The van der Waals surface area contributed by atoms with Crippen LogP contribution >= 0.6 is 23.2 Å². The van der Waals surface area contributed by atoms with Crippen molar-refractivity contribution in [2.75, 3.05) is 0 Å². The summed E-state index contributed by atoms with van der Waals surface area (Å²) < 4.78 is 7.79. The van der Waals surface area contributed by atoms with Gasteiger partial charge < -0.3 is 8.98 Å². The molecule has 0 radical (unpaired) electrons. The quantitative estimate of drug-likeness (QED) is 0.277. The lowest BCUT2D eigenvalue weighted by atomic mass is 10.1. The summed E-state index contributed by atoms with van der Waals surface area (Å²) in [5.74, 6) is -0.0444. The molecular weight excluding hydrogens is 445 g/mol. The average molecular weight is 462 g/mol. The standard InChI is InChI=1S/C25H17Cl2N3O2/c1-15-22(23(31)25-29-28-24(32-25)16-7-3-2-4-8-16)19-9-5-6-10-21(19)30(15)14-17-11-12-18(26)13-20(17)27/h2-13H,14H2,1H3. The molecule has 0 bridgehead atoms. The lowest BCUT2D eigenvalue weighted by Gasteiger charge is -2.10. The molecule has 7 heteroatoms. The molecule has 0 fully saturated rings. The van der Waals surface area contributed by atoms with Gasteiger partial charge in [0.15, 0.2) is 0 Å². The Labute approximate surface area is 194 Å². The number of carbonyl (C=O) groups excluding carboxylic acids is 1. The molecule has 0 amide bonds. The molecule has 0 saturated carbocycles. The van der Waals surface area contributed by atoms with E-state index in [1.54, 1.807) is 12.1 Å². The third-order valence-corrected chi connectivity index (χ3v) is 6.03. The molecule has 2 aromatic heterocycles. The van der Waals surface area contributed by atoms with Crippen LogP contribution in [0.25, 0.3) is 22.4 Å². The molecular formula is C25H17Cl2N3O2. The zero-order chi connectivity index (χ0) is 22.2. The Morgan fingerprint density at radius 1 is 0.969 bits per heavy atom. The fourth-order valence-electron chi connectivity index (χ4n) is 3.86. The van der Waals surface area contributed by atoms with Gasteiger partial charge in [-0.1, -0.05) is 65.7 Å². The first-order valence-corrected chi connectivity index (χ1v) is 10.7. The van der Waals surface area contributed by atoms with Crippen LogP contribution in [-0.4, -0.2) is 20.5 Å². The van der Waals surface area contributed by atoms with Gasteiger partial charge >= 0.3 is 0 Å². The molecule has 3 aromatic carbocycles. The van der Waals surface area contributed by atoms with Gasteiger partial charge in [-0.15, -0.1) is 10.2 Å². The smallest absolute Gasteiger partial charge is 0.289 e. The van der Waals surface area contributed by atoms with E-state index in [1.807, 2.05) is 67.6 Å². The van der Waals surface area contributed by atoms with E-state index in [-0.39, 0.29) is 11.7 Å². The maximum Gasteiger partial charge on any atom is 0.289 e. The monoisotopic (exact) mass is 461 g/mol. The minimum atomic E-state index is -0.311. The molecule has 2 heterocycles. The molecule has 5 nitrogen and oxygen atoms in total. The molecule has 0 aliphatic carbocycles. The van der Waals surface area contributed by atoms with Crippen LogP contribution in [0.15, 0.2) is 77.2 Å². The summed E-state index contributed by atoms with van der Waals surface area (Å²) in [5, 5.41) is 10.1. The predicted octanol–water partition coefficient (Wildman–Crippen LogP) is 6.59. The number of carbonyl (C=O) groups is 1. The Morgan fingerprint density at radius 2 is 1.72 bits per heavy atom. The summed E-state index contributed by atoms with van der Waals surface area (Å²) in [6, 6.07) is 22.5. The van der Waals surface area contributed by atoms with E-state index in [2.05, 4.69) is 14.8 Å². The second-order valence-corrected chi connectivity index (χ2v) is 8.25. The van der Waals surface area contributed by atoms with Crippen molar-refractivity contribution in [2.45, 2.75) is 13.5 Å². The van der Waals surface area contributed by atoms with Crippen LogP contribution in [0, 0.1) is 6.92 Å². The summed E-state index contributed by atoms with van der Waals surface area (Å²) in [5.41, 5.74) is 3.91. The Balaban J connectivity index is 1.58. The van der Waals surface area contributed by atoms with Crippen LogP contribution in [0.1, 0.15) is 27.5 Å². The van der Waals surface area contributed by atoms with Crippen LogP contribution in [0.3, 0.4) is 0 Å². The first-order chi connectivity index (χ1) is 15.5. The van der Waals surface area contributed by atoms with Gasteiger partial charge in [0.25, 0.3) is 11.7 Å². The zero-order valence-corrected chi connectivity index (χ0v) is 18.6. The van der Waals surface area contributed by atoms with Gasteiger partial charge in [0, 0.05) is 38.8 Å². The van der Waals surface area contributed by atoms with Crippen molar-refractivity contribution in [1.29, 1.82) is 0 Å². The number of fused-ring (bicyclic) bond motifs is 1. The highest BCUT2D eigenvalue weighted by Crippen LogP contribution is 2.31. The van der Waals surface area contributed by atoms with Gasteiger partial charge in [0.1, 0.15) is 0 Å². The number of ketones is 1. The van der Waals surface area contributed by atoms with Crippen molar-refractivity contribution in [2.24, 2.45) is 0 Å².